The molecule has 1 heterocycles. The van der Waals surface area contributed by atoms with Gasteiger partial charge in [-0.05, 0) is 53.4 Å². The molecule has 1 atom stereocenters. The maximum atomic E-state index is 11.2. The number of rotatable bonds is 8. The number of carbonyl (C=O) groups is 1. The summed E-state index contributed by atoms with van der Waals surface area (Å²) in [7, 11) is 0. The Balaban J connectivity index is 1.77. The van der Waals surface area contributed by atoms with E-state index in [9.17, 15) is 4.79 Å². The number of ether oxygens (including phenoxy) is 3. The predicted molar refractivity (Wildman–Crippen MR) is 78.9 cm³/mol. The minimum absolute atomic E-state index is 0.129. The van der Waals surface area contributed by atoms with Gasteiger partial charge in [0.2, 0.25) is 0 Å². The third-order valence-electron chi connectivity index (χ3n) is 2.98. The van der Waals surface area contributed by atoms with Crippen LogP contribution in [-0.2, 0) is 20.7 Å². The minimum atomic E-state index is -0.129. The fraction of sp³-hybridized carbons (Fsp3) is 0.533. The van der Waals surface area contributed by atoms with Crippen molar-refractivity contribution in [3.05, 3.63) is 28.2 Å². The first-order valence-electron chi connectivity index (χ1n) is 6.87. The predicted octanol–water partition coefficient (Wildman–Crippen LogP) is 3.11. The third-order valence-corrected chi connectivity index (χ3v) is 3.59. The van der Waals surface area contributed by atoms with Gasteiger partial charge in [0.15, 0.2) is 0 Å². The fourth-order valence-corrected chi connectivity index (χ4v) is 2.37. The van der Waals surface area contributed by atoms with Gasteiger partial charge in [-0.3, -0.25) is 4.79 Å². The summed E-state index contributed by atoms with van der Waals surface area (Å²) in [6.45, 7) is 3.66. The molecular weight excluding hydrogens is 324 g/mol. The topological polar surface area (TPSA) is 48.1 Å². The highest BCUT2D eigenvalue weighted by Gasteiger charge is 2.23. The summed E-state index contributed by atoms with van der Waals surface area (Å²) in [5.74, 6) is 0.700. The van der Waals surface area contributed by atoms with Gasteiger partial charge in [-0.25, -0.2) is 0 Å². The molecule has 110 valence electrons. The van der Waals surface area contributed by atoms with Crippen LogP contribution < -0.4 is 4.74 Å². The van der Waals surface area contributed by atoms with Gasteiger partial charge >= 0.3 is 5.97 Å². The van der Waals surface area contributed by atoms with Crippen LogP contribution in [0.2, 0.25) is 0 Å². The SMILES string of the molecule is CCOC(=O)CCCc1ccc(OCC2CO2)c(Br)c1. The van der Waals surface area contributed by atoms with Crippen molar-refractivity contribution in [2.45, 2.75) is 32.3 Å². The molecule has 0 N–H and O–H groups in total. The molecule has 1 aliphatic heterocycles. The number of benzene rings is 1. The maximum Gasteiger partial charge on any atom is 0.305 e. The van der Waals surface area contributed by atoms with Crippen molar-refractivity contribution in [2.75, 3.05) is 19.8 Å². The molecule has 20 heavy (non-hydrogen) atoms. The Morgan fingerprint density at radius 2 is 2.30 bits per heavy atom. The van der Waals surface area contributed by atoms with Crippen LogP contribution in [0.25, 0.3) is 0 Å². The van der Waals surface area contributed by atoms with Crippen molar-refractivity contribution in [3.63, 3.8) is 0 Å². The molecule has 1 aromatic rings. The first kappa shape index (κ1) is 15.3. The molecule has 0 radical (unpaired) electrons. The van der Waals surface area contributed by atoms with E-state index in [1.165, 1.54) is 5.56 Å². The molecule has 0 saturated carbocycles. The van der Waals surface area contributed by atoms with E-state index >= 15 is 0 Å². The van der Waals surface area contributed by atoms with Crippen LogP contribution in [0, 0.1) is 0 Å². The normalized spacial score (nSPS) is 16.8. The number of carbonyl (C=O) groups excluding carboxylic acids is 1. The van der Waals surface area contributed by atoms with Crippen molar-refractivity contribution < 1.29 is 19.0 Å². The first-order valence-corrected chi connectivity index (χ1v) is 7.66. The fourth-order valence-electron chi connectivity index (χ4n) is 1.83. The molecular formula is C15H19BrO4. The maximum absolute atomic E-state index is 11.2. The highest BCUT2D eigenvalue weighted by molar-refractivity contribution is 9.10. The second-order valence-electron chi connectivity index (χ2n) is 4.69. The lowest BCUT2D eigenvalue weighted by atomic mass is 10.1. The van der Waals surface area contributed by atoms with E-state index in [4.69, 9.17) is 14.2 Å². The van der Waals surface area contributed by atoms with Gasteiger partial charge in [-0.15, -0.1) is 0 Å². The number of hydrogen-bond donors (Lipinski definition) is 0. The zero-order valence-electron chi connectivity index (χ0n) is 11.6. The lowest BCUT2D eigenvalue weighted by Crippen LogP contribution is -2.05. The molecule has 1 aromatic carbocycles. The number of aryl methyl sites for hydroxylation is 1. The Bertz CT molecular complexity index is 457. The van der Waals surface area contributed by atoms with Crippen molar-refractivity contribution in [1.29, 1.82) is 0 Å². The monoisotopic (exact) mass is 342 g/mol. The van der Waals surface area contributed by atoms with Crippen molar-refractivity contribution in [1.82, 2.24) is 0 Å². The summed E-state index contributed by atoms with van der Waals surface area (Å²) in [6.07, 6.45) is 2.36. The number of esters is 1. The van der Waals surface area contributed by atoms with E-state index in [1.54, 1.807) is 0 Å². The van der Waals surface area contributed by atoms with E-state index in [0.717, 1.165) is 29.7 Å². The van der Waals surface area contributed by atoms with Crippen molar-refractivity contribution in [2.24, 2.45) is 0 Å². The Morgan fingerprint density at radius 3 is 2.95 bits per heavy atom. The van der Waals surface area contributed by atoms with Gasteiger partial charge < -0.3 is 14.2 Å². The average molecular weight is 343 g/mol. The summed E-state index contributed by atoms with van der Waals surface area (Å²) in [6, 6.07) is 6.01. The summed E-state index contributed by atoms with van der Waals surface area (Å²) < 4.78 is 16.6. The van der Waals surface area contributed by atoms with Gasteiger partial charge in [0.05, 0.1) is 17.7 Å². The molecule has 0 aliphatic carbocycles. The zero-order valence-corrected chi connectivity index (χ0v) is 13.1. The molecule has 0 amide bonds. The lowest BCUT2D eigenvalue weighted by Gasteiger charge is -2.08. The molecule has 0 bridgehead atoms. The number of halogens is 1. The quantitative estimate of drug-likeness (QED) is 0.538. The van der Waals surface area contributed by atoms with Gasteiger partial charge in [0.1, 0.15) is 18.5 Å². The van der Waals surface area contributed by atoms with Crippen LogP contribution in [0.15, 0.2) is 22.7 Å². The highest BCUT2D eigenvalue weighted by atomic mass is 79.9. The second-order valence-corrected chi connectivity index (χ2v) is 5.54. The smallest absolute Gasteiger partial charge is 0.305 e. The number of epoxide rings is 1. The molecule has 1 saturated heterocycles. The standard InChI is InChI=1S/C15H19BrO4/c1-2-18-15(17)5-3-4-11-6-7-14(13(16)8-11)20-10-12-9-19-12/h6-8,12H,2-5,9-10H2,1H3. The molecule has 4 nitrogen and oxygen atoms in total. The summed E-state index contributed by atoms with van der Waals surface area (Å²) in [5, 5.41) is 0. The van der Waals surface area contributed by atoms with E-state index in [0.29, 0.717) is 19.6 Å². The van der Waals surface area contributed by atoms with E-state index in [-0.39, 0.29) is 12.1 Å². The Labute approximate surface area is 127 Å². The molecule has 0 aromatic heterocycles. The molecule has 2 rings (SSSR count). The van der Waals surface area contributed by atoms with Crippen molar-refractivity contribution in [3.8, 4) is 5.75 Å². The average Bonchev–Trinajstić information content (AvgIpc) is 3.22. The molecule has 1 aliphatic rings. The first-order chi connectivity index (χ1) is 9.69. The van der Waals surface area contributed by atoms with Gasteiger partial charge in [0.25, 0.3) is 0 Å². The zero-order chi connectivity index (χ0) is 14.4. The largest absolute Gasteiger partial charge is 0.490 e. The van der Waals surface area contributed by atoms with E-state index in [2.05, 4.69) is 15.9 Å². The summed E-state index contributed by atoms with van der Waals surface area (Å²) >= 11 is 3.51. The Morgan fingerprint density at radius 1 is 1.50 bits per heavy atom. The molecule has 5 heteroatoms. The minimum Gasteiger partial charge on any atom is -0.490 e. The third kappa shape index (κ3) is 5.13. The van der Waals surface area contributed by atoms with Crippen LogP contribution in [0.4, 0.5) is 0 Å². The Hall–Kier alpha value is -1.07. The highest BCUT2D eigenvalue weighted by Crippen LogP contribution is 2.27. The van der Waals surface area contributed by atoms with Gasteiger partial charge in [0, 0.05) is 6.42 Å². The number of hydrogen-bond acceptors (Lipinski definition) is 4. The van der Waals surface area contributed by atoms with Crippen LogP contribution in [0.3, 0.4) is 0 Å². The molecule has 1 fully saturated rings. The van der Waals surface area contributed by atoms with Gasteiger partial charge in [-0.2, -0.15) is 0 Å². The summed E-state index contributed by atoms with van der Waals surface area (Å²) in [5.41, 5.74) is 1.18. The Kier molecular flexibility index (Phi) is 5.86. The molecule has 1 unspecified atom stereocenters. The van der Waals surface area contributed by atoms with Gasteiger partial charge in [-0.1, -0.05) is 6.07 Å². The summed E-state index contributed by atoms with van der Waals surface area (Å²) in [4.78, 5) is 11.2. The molecule has 0 spiro atoms. The van der Waals surface area contributed by atoms with Crippen LogP contribution in [0.1, 0.15) is 25.3 Å². The van der Waals surface area contributed by atoms with Crippen LogP contribution in [-0.4, -0.2) is 31.9 Å². The van der Waals surface area contributed by atoms with E-state index in [1.807, 2.05) is 25.1 Å². The second kappa shape index (κ2) is 7.64. The van der Waals surface area contributed by atoms with Crippen LogP contribution in [0.5, 0.6) is 5.75 Å². The van der Waals surface area contributed by atoms with Crippen LogP contribution >= 0.6 is 15.9 Å². The van der Waals surface area contributed by atoms with E-state index < -0.39 is 0 Å². The lowest BCUT2D eigenvalue weighted by molar-refractivity contribution is -0.143. The van der Waals surface area contributed by atoms with Crippen molar-refractivity contribution >= 4 is 21.9 Å².